The van der Waals surface area contributed by atoms with Crippen LogP contribution >= 0.6 is 0 Å². The minimum absolute atomic E-state index is 0.819. The maximum atomic E-state index is 5.10. The molecule has 68 valence electrons. The number of likely N-dealkylation sites (N-methyl/N-ethyl adjacent to an activating group) is 1. The summed E-state index contributed by atoms with van der Waals surface area (Å²) < 4.78 is 9.64. The lowest BCUT2D eigenvalue weighted by atomic mass is 10.5. The van der Waals surface area contributed by atoms with Crippen LogP contribution in [0, 0.1) is 0 Å². The molecule has 11 heavy (non-hydrogen) atoms. The van der Waals surface area contributed by atoms with Crippen molar-refractivity contribution >= 4 is 0 Å². The largest absolute Gasteiger partial charge is 0.385 e. The van der Waals surface area contributed by atoms with E-state index in [1.54, 1.807) is 7.11 Å². The lowest BCUT2D eigenvalue weighted by Gasteiger charge is -2.21. The Morgan fingerprint density at radius 2 is 1.82 bits per heavy atom. The van der Waals surface area contributed by atoms with Crippen molar-refractivity contribution < 1.29 is 9.47 Å². The molecule has 0 aliphatic carbocycles. The van der Waals surface area contributed by atoms with Gasteiger partial charge in [0.15, 0.2) is 0 Å². The number of hydrogen-bond donors (Lipinski definition) is 0. The molecule has 0 aromatic heterocycles. The van der Waals surface area contributed by atoms with Gasteiger partial charge in [-0.2, -0.15) is 0 Å². The highest BCUT2D eigenvalue weighted by atomic mass is 16.5. The fourth-order valence-corrected chi connectivity index (χ4v) is 0.655. The van der Waals surface area contributed by atoms with Crippen LogP contribution in [-0.2, 0) is 9.47 Å². The van der Waals surface area contributed by atoms with Gasteiger partial charge in [0.25, 0.3) is 0 Å². The third-order valence-corrected chi connectivity index (χ3v) is 1.52. The van der Waals surface area contributed by atoms with Gasteiger partial charge < -0.3 is 14.4 Å². The van der Waals surface area contributed by atoms with Gasteiger partial charge in [-0.3, -0.25) is 0 Å². The molecule has 0 radical (unpaired) electrons. The summed E-state index contributed by atoms with van der Waals surface area (Å²) in [6, 6.07) is 0. The summed E-state index contributed by atoms with van der Waals surface area (Å²) in [7, 11) is 3.79. The van der Waals surface area contributed by atoms with Crippen LogP contribution in [0.15, 0.2) is 0 Å². The van der Waals surface area contributed by atoms with E-state index in [1.807, 2.05) is 6.92 Å². The molecule has 1 aliphatic rings. The molecular weight excluding hydrogens is 142 g/mol. The Bertz CT molecular complexity index is 70.5. The van der Waals surface area contributed by atoms with Crippen LogP contribution in [0.3, 0.4) is 0 Å². The Labute approximate surface area is 69.3 Å². The fourth-order valence-electron chi connectivity index (χ4n) is 0.655. The van der Waals surface area contributed by atoms with E-state index in [0.29, 0.717) is 0 Å². The molecule has 0 saturated carbocycles. The van der Waals surface area contributed by atoms with Crippen molar-refractivity contribution in [2.75, 3.05) is 47.1 Å². The number of morpholine rings is 1. The molecule has 0 amide bonds. The Balaban J connectivity index is 0.000000218. The molecule has 0 N–H and O–H groups in total. The first kappa shape index (κ1) is 10.9. The van der Waals surface area contributed by atoms with Gasteiger partial charge in [0, 0.05) is 26.8 Å². The highest BCUT2D eigenvalue weighted by Gasteiger charge is 2.02. The number of methoxy groups -OCH3 is 1. The van der Waals surface area contributed by atoms with Crippen LogP contribution in [0.5, 0.6) is 0 Å². The van der Waals surface area contributed by atoms with E-state index in [1.165, 1.54) is 0 Å². The van der Waals surface area contributed by atoms with Gasteiger partial charge in [-0.15, -0.1) is 0 Å². The molecule has 1 aliphatic heterocycles. The molecule has 1 heterocycles. The predicted molar refractivity (Wildman–Crippen MR) is 45.9 cm³/mol. The third kappa shape index (κ3) is 7.78. The van der Waals surface area contributed by atoms with E-state index < -0.39 is 0 Å². The minimum Gasteiger partial charge on any atom is -0.385 e. The molecular formula is C8H19NO2. The zero-order chi connectivity index (χ0) is 8.53. The summed E-state index contributed by atoms with van der Waals surface area (Å²) in [5, 5.41) is 0. The lowest BCUT2D eigenvalue weighted by molar-refractivity contribution is 0.0503. The average molecular weight is 161 g/mol. The summed E-state index contributed by atoms with van der Waals surface area (Å²) in [6.07, 6.45) is 0. The van der Waals surface area contributed by atoms with Crippen molar-refractivity contribution in [2.45, 2.75) is 6.92 Å². The van der Waals surface area contributed by atoms with Gasteiger partial charge in [-0.05, 0) is 14.0 Å². The zero-order valence-electron chi connectivity index (χ0n) is 7.80. The Hall–Kier alpha value is -0.120. The molecule has 0 aromatic rings. The van der Waals surface area contributed by atoms with Gasteiger partial charge in [-0.25, -0.2) is 0 Å². The average Bonchev–Trinajstić information content (AvgIpc) is 2.07. The summed E-state index contributed by atoms with van der Waals surface area (Å²) in [6.45, 7) is 6.80. The van der Waals surface area contributed by atoms with Gasteiger partial charge in [0.1, 0.15) is 0 Å². The van der Waals surface area contributed by atoms with Gasteiger partial charge in [0.2, 0.25) is 0 Å². The quantitative estimate of drug-likeness (QED) is 0.562. The molecule has 1 rings (SSSR count). The maximum absolute atomic E-state index is 5.10. The summed E-state index contributed by atoms with van der Waals surface area (Å²) in [4.78, 5) is 2.27. The van der Waals surface area contributed by atoms with Crippen molar-refractivity contribution in [2.24, 2.45) is 0 Å². The van der Waals surface area contributed by atoms with Crippen LogP contribution in [0.2, 0.25) is 0 Å². The highest BCUT2D eigenvalue weighted by molar-refractivity contribution is 4.53. The zero-order valence-corrected chi connectivity index (χ0v) is 7.80. The summed E-state index contributed by atoms with van der Waals surface area (Å²) >= 11 is 0. The molecule has 0 bridgehead atoms. The van der Waals surface area contributed by atoms with E-state index in [2.05, 4.69) is 16.7 Å². The topological polar surface area (TPSA) is 21.7 Å². The standard InChI is InChI=1S/C5H11NO.C3H8O/c1-6-2-4-7-5-3-6;1-3-4-2/h2-5H2,1H3;3H2,1-2H3. The van der Waals surface area contributed by atoms with Crippen LogP contribution in [0.1, 0.15) is 6.92 Å². The number of ether oxygens (including phenoxy) is 2. The van der Waals surface area contributed by atoms with E-state index >= 15 is 0 Å². The van der Waals surface area contributed by atoms with Crippen molar-refractivity contribution in [1.29, 1.82) is 0 Å². The van der Waals surface area contributed by atoms with Crippen LogP contribution in [0.4, 0.5) is 0 Å². The van der Waals surface area contributed by atoms with E-state index in [0.717, 1.165) is 32.9 Å². The molecule has 0 spiro atoms. The summed E-state index contributed by atoms with van der Waals surface area (Å²) in [5.41, 5.74) is 0. The van der Waals surface area contributed by atoms with Gasteiger partial charge >= 0.3 is 0 Å². The van der Waals surface area contributed by atoms with Crippen molar-refractivity contribution in [3.8, 4) is 0 Å². The predicted octanol–water partition coefficient (Wildman–Crippen LogP) is 0.601. The number of rotatable bonds is 1. The minimum atomic E-state index is 0.819. The molecule has 3 heteroatoms. The monoisotopic (exact) mass is 161 g/mol. The molecule has 1 saturated heterocycles. The van der Waals surface area contributed by atoms with Crippen molar-refractivity contribution in [3.63, 3.8) is 0 Å². The number of nitrogens with zero attached hydrogens (tertiary/aromatic N) is 1. The highest BCUT2D eigenvalue weighted by Crippen LogP contribution is 1.89. The van der Waals surface area contributed by atoms with E-state index in [-0.39, 0.29) is 0 Å². The first-order valence-corrected chi connectivity index (χ1v) is 4.06. The van der Waals surface area contributed by atoms with Gasteiger partial charge in [-0.1, -0.05) is 0 Å². The molecule has 0 atom stereocenters. The molecule has 1 fully saturated rings. The fraction of sp³-hybridized carbons (Fsp3) is 1.00. The maximum Gasteiger partial charge on any atom is 0.0594 e. The Morgan fingerprint density at radius 1 is 1.36 bits per heavy atom. The summed E-state index contributed by atoms with van der Waals surface area (Å²) in [5.74, 6) is 0. The third-order valence-electron chi connectivity index (χ3n) is 1.52. The number of hydrogen-bond acceptors (Lipinski definition) is 3. The van der Waals surface area contributed by atoms with Crippen LogP contribution in [-0.4, -0.2) is 52.0 Å². The Kier molecular flexibility index (Phi) is 7.89. The normalized spacial score (nSPS) is 18.8. The Morgan fingerprint density at radius 3 is 2.00 bits per heavy atom. The van der Waals surface area contributed by atoms with Crippen LogP contribution < -0.4 is 0 Å². The second-order valence-electron chi connectivity index (χ2n) is 2.49. The first-order chi connectivity index (χ1) is 5.31. The molecule has 0 unspecified atom stereocenters. The second kappa shape index (κ2) is 7.98. The first-order valence-electron chi connectivity index (χ1n) is 4.06. The van der Waals surface area contributed by atoms with Crippen molar-refractivity contribution in [1.82, 2.24) is 4.90 Å². The van der Waals surface area contributed by atoms with E-state index in [4.69, 9.17) is 4.74 Å². The van der Waals surface area contributed by atoms with Crippen LogP contribution in [0.25, 0.3) is 0 Å². The molecule has 3 nitrogen and oxygen atoms in total. The lowest BCUT2D eigenvalue weighted by Crippen LogP contribution is -2.32. The smallest absolute Gasteiger partial charge is 0.0594 e. The van der Waals surface area contributed by atoms with E-state index in [9.17, 15) is 0 Å². The second-order valence-corrected chi connectivity index (χ2v) is 2.49. The SMILES string of the molecule is CCOC.CN1CCOCC1. The van der Waals surface area contributed by atoms with Crippen molar-refractivity contribution in [3.05, 3.63) is 0 Å². The van der Waals surface area contributed by atoms with Gasteiger partial charge in [0.05, 0.1) is 13.2 Å². The molecule has 0 aromatic carbocycles.